The Labute approximate surface area is 133 Å². The molecule has 1 aromatic heterocycles. The summed E-state index contributed by atoms with van der Waals surface area (Å²) in [6, 6.07) is 11.8. The van der Waals surface area contributed by atoms with Gasteiger partial charge in [0.15, 0.2) is 5.76 Å². The number of rotatable bonds is 2. The Balaban J connectivity index is 1.85. The van der Waals surface area contributed by atoms with Crippen LogP contribution >= 0.6 is 15.9 Å². The van der Waals surface area contributed by atoms with Crippen molar-refractivity contribution in [2.45, 2.75) is 32.2 Å². The first kappa shape index (κ1) is 14.4. The largest absolute Gasteiger partial charge is 0.451 e. The fourth-order valence-corrected chi connectivity index (χ4v) is 3.28. The topological polar surface area (TPSA) is 33.5 Å². The summed E-state index contributed by atoms with van der Waals surface area (Å²) >= 11 is 3.51. The van der Waals surface area contributed by atoms with Gasteiger partial charge in [0.1, 0.15) is 5.76 Å². The summed E-state index contributed by atoms with van der Waals surface area (Å²) in [6.07, 6.45) is 3.35. The van der Waals surface area contributed by atoms with Crippen molar-refractivity contribution >= 4 is 21.8 Å². The number of carbonyl (C=O) groups excluding carboxylic acids is 1. The lowest BCUT2D eigenvalue weighted by Gasteiger charge is -2.32. The van der Waals surface area contributed by atoms with E-state index in [0.717, 1.165) is 35.2 Å². The van der Waals surface area contributed by atoms with E-state index >= 15 is 0 Å². The molecule has 0 radical (unpaired) electrons. The average Bonchev–Trinajstić information content (AvgIpc) is 2.97. The number of piperidine rings is 1. The van der Waals surface area contributed by atoms with Crippen LogP contribution in [0.4, 0.5) is 0 Å². The van der Waals surface area contributed by atoms with Crippen molar-refractivity contribution in [2.75, 3.05) is 6.54 Å². The molecule has 0 saturated carbocycles. The van der Waals surface area contributed by atoms with Crippen molar-refractivity contribution in [3.8, 4) is 11.3 Å². The highest BCUT2D eigenvalue weighted by atomic mass is 79.9. The van der Waals surface area contributed by atoms with E-state index in [2.05, 4.69) is 22.9 Å². The summed E-state index contributed by atoms with van der Waals surface area (Å²) in [5.74, 6) is 1.14. The lowest BCUT2D eigenvalue weighted by atomic mass is 10.0. The number of likely N-dealkylation sites (tertiary alicyclic amines) is 1. The number of benzene rings is 1. The van der Waals surface area contributed by atoms with Gasteiger partial charge in [0.05, 0.1) is 0 Å². The summed E-state index contributed by atoms with van der Waals surface area (Å²) in [7, 11) is 0. The van der Waals surface area contributed by atoms with Crippen molar-refractivity contribution in [2.24, 2.45) is 0 Å². The van der Waals surface area contributed by atoms with Gasteiger partial charge in [-0.25, -0.2) is 0 Å². The first-order chi connectivity index (χ1) is 10.2. The van der Waals surface area contributed by atoms with Crippen LogP contribution in [0.25, 0.3) is 11.3 Å². The van der Waals surface area contributed by atoms with Crippen molar-refractivity contribution in [3.05, 3.63) is 46.6 Å². The highest BCUT2D eigenvalue weighted by Gasteiger charge is 2.26. The highest BCUT2D eigenvalue weighted by Crippen LogP contribution is 2.30. The standard InChI is InChI=1S/C17H18BrNO2/c1-12-6-4-5-11-19(12)17(20)16-10-9-15(21-16)13-7-2-3-8-14(13)18/h2-3,7-10,12H,4-6,11H2,1H3. The van der Waals surface area contributed by atoms with Gasteiger partial charge in [-0.3, -0.25) is 4.79 Å². The van der Waals surface area contributed by atoms with E-state index < -0.39 is 0 Å². The third kappa shape index (κ3) is 2.91. The van der Waals surface area contributed by atoms with Crippen LogP contribution in [0.5, 0.6) is 0 Å². The molecule has 0 N–H and O–H groups in total. The molecule has 0 spiro atoms. The molecule has 1 aliphatic heterocycles. The normalized spacial score (nSPS) is 18.8. The molecule has 1 amide bonds. The average molecular weight is 348 g/mol. The molecule has 3 nitrogen and oxygen atoms in total. The molecule has 3 rings (SSSR count). The van der Waals surface area contributed by atoms with Crippen LogP contribution in [0.3, 0.4) is 0 Å². The second-order valence-corrected chi connectivity index (χ2v) is 6.34. The molecule has 1 aromatic carbocycles. The van der Waals surface area contributed by atoms with Gasteiger partial charge in [0.25, 0.3) is 5.91 Å². The van der Waals surface area contributed by atoms with E-state index in [1.807, 2.05) is 35.2 Å². The SMILES string of the molecule is CC1CCCCN1C(=O)c1ccc(-c2ccccc2Br)o1. The quantitative estimate of drug-likeness (QED) is 0.787. The molecule has 2 aromatic rings. The third-order valence-electron chi connectivity index (χ3n) is 4.02. The van der Waals surface area contributed by atoms with Crippen molar-refractivity contribution < 1.29 is 9.21 Å². The third-order valence-corrected chi connectivity index (χ3v) is 4.71. The van der Waals surface area contributed by atoms with Gasteiger partial charge >= 0.3 is 0 Å². The molecule has 1 unspecified atom stereocenters. The minimum atomic E-state index is 0.000466. The predicted molar refractivity (Wildman–Crippen MR) is 86.2 cm³/mol. The lowest BCUT2D eigenvalue weighted by molar-refractivity contribution is 0.0604. The Kier molecular flexibility index (Phi) is 4.15. The molecule has 1 saturated heterocycles. The second kappa shape index (κ2) is 6.06. The number of furan rings is 1. The number of nitrogens with zero attached hydrogens (tertiary/aromatic N) is 1. The van der Waals surface area contributed by atoms with E-state index in [-0.39, 0.29) is 5.91 Å². The number of amides is 1. The lowest BCUT2D eigenvalue weighted by Crippen LogP contribution is -2.41. The first-order valence-corrected chi connectivity index (χ1v) is 8.12. The van der Waals surface area contributed by atoms with E-state index in [4.69, 9.17) is 4.42 Å². The smallest absolute Gasteiger partial charge is 0.289 e. The Morgan fingerprint density at radius 1 is 1.24 bits per heavy atom. The molecule has 0 aliphatic carbocycles. The summed E-state index contributed by atoms with van der Waals surface area (Å²) in [4.78, 5) is 14.5. The van der Waals surface area contributed by atoms with Crippen LogP contribution in [0.15, 0.2) is 45.3 Å². The molecule has 110 valence electrons. The zero-order chi connectivity index (χ0) is 14.8. The first-order valence-electron chi connectivity index (χ1n) is 7.32. The van der Waals surface area contributed by atoms with Crippen LogP contribution < -0.4 is 0 Å². The van der Waals surface area contributed by atoms with Gasteiger partial charge in [-0.15, -0.1) is 0 Å². The molecule has 0 bridgehead atoms. The molecule has 2 heterocycles. The number of hydrogen-bond donors (Lipinski definition) is 0. The van der Waals surface area contributed by atoms with E-state index in [1.165, 1.54) is 6.42 Å². The van der Waals surface area contributed by atoms with E-state index in [9.17, 15) is 4.79 Å². The Hall–Kier alpha value is -1.55. The Bertz CT molecular complexity index is 650. The number of carbonyl (C=O) groups is 1. The van der Waals surface area contributed by atoms with Crippen LogP contribution in [0, 0.1) is 0 Å². The van der Waals surface area contributed by atoms with Gasteiger partial charge in [-0.05, 0) is 44.4 Å². The maximum atomic E-state index is 12.6. The fourth-order valence-electron chi connectivity index (χ4n) is 2.80. The van der Waals surface area contributed by atoms with E-state index in [1.54, 1.807) is 6.07 Å². The molecule has 21 heavy (non-hydrogen) atoms. The number of halogens is 1. The zero-order valence-electron chi connectivity index (χ0n) is 12.0. The molecular formula is C17H18BrNO2. The number of hydrogen-bond acceptors (Lipinski definition) is 2. The second-order valence-electron chi connectivity index (χ2n) is 5.49. The minimum Gasteiger partial charge on any atom is -0.451 e. The molecule has 1 fully saturated rings. The monoisotopic (exact) mass is 347 g/mol. The highest BCUT2D eigenvalue weighted by molar-refractivity contribution is 9.10. The van der Waals surface area contributed by atoms with Crippen LogP contribution in [0.1, 0.15) is 36.7 Å². The Morgan fingerprint density at radius 3 is 2.81 bits per heavy atom. The van der Waals surface area contributed by atoms with Crippen molar-refractivity contribution in [1.82, 2.24) is 4.90 Å². The van der Waals surface area contributed by atoms with Gasteiger partial charge < -0.3 is 9.32 Å². The summed E-state index contributed by atoms with van der Waals surface area (Å²) in [5.41, 5.74) is 0.961. The molecule has 4 heteroatoms. The minimum absolute atomic E-state index is 0.000466. The zero-order valence-corrected chi connectivity index (χ0v) is 13.6. The van der Waals surface area contributed by atoms with Crippen molar-refractivity contribution in [3.63, 3.8) is 0 Å². The van der Waals surface area contributed by atoms with Gasteiger partial charge in [-0.1, -0.05) is 34.1 Å². The van der Waals surface area contributed by atoms with Crippen LogP contribution in [-0.4, -0.2) is 23.4 Å². The van der Waals surface area contributed by atoms with Crippen LogP contribution in [-0.2, 0) is 0 Å². The van der Waals surface area contributed by atoms with Crippen molar-refractivity contribution in [1.29, 1.82) is 0 Å². The summed E-state index contributed by atoms with van der Waals surface area (Å²) in [5, 5.41) is 0. The Morgan fingerprint density at radius 2 is 2.05 bits per heavy atom. The van der Waals surface area contributed by atoms with Gasteiger partial charge in [0.2, 0.25) is 0 Å². The summed E-state index contributed by atoms with van der Waals surface area (Å²) in [6.45, 7) is 2.93. The predicted octanol–water partition coefficient (Wildman–Crippen LogP) is 4.72. The van der Waals surface area contributed by atoms with Gasteiger partial charge in [0, 0.05) is 22.6 Å². The fraction of sp³-hybridized carbons (Fsp3) is 0.353. The molecule has 1 aliphatic rings. The molecular weight excluding hydrogens is 330 g/mol. The summed E-state index contributed by atoms with van der Waals surface area (Å²) < 4.78 is 6.76. The van der Waals surface area contributed by atoms with E-state index in [0.29, 0.717) is 11.8 Å². The maximum absolute atomic E-state index is 12.6. The molecule has 1 atom stereocenters. The van der Waals surface area contributed by atoms with Gasteiger partial charge in [-0.2, -0.15) is 0 Å². The van der Waals surface area contributed by atoms with Crippen LogP contribution in [0.2, 0.25) is 0 Å². The maximum Gasteiger partial charge on any atom is 0.289 e.